The monoisotopic (exact) mass is 240 g/mol. The average Bonchev–Trinajstić information content (AvgIpc) is 2.80. The summed E-state index contributed by atoms with van der Waals surface area (Å²) in [6.45, 7) is -0.0786. The summed E-state index contributed by atoms with van der Waals surface area (Å²) in [7, 11) is 0. The maximum absolute atomic E-state index is 13.6. The van der Waals surface area contributed by atoms with Crippen molar-refractivity contribution in [2.24, 2.45) is 5.92 Å². The molecule has 0 saturated heterocycles. The zero-order valence-corrected chi connectivity index (χ0v) is 10.1. The van der Waals surface area contributed by atoms with Crippen molar-refractivity contribution < 1.29 is 9.50 Å². The Labute approximate surface area is 100 Å². The molecule has 2 rings (SSSR count). The summed E-state index contributed by atoms with van der Waals surface area (Å²) >= 11 is 1.56. The Balaban J connectivity index is 2.01. The van der Waals surface area contributed by atoms with Crippen molar-refractivity contribution in [3.63, 3.8) is 0 Å². The molecule has 0 aromatic heterocycles. The van der Waals surface area contributed by atoms with Crippen LogP contribution in [0.3, 0.4) is 0 Å². The molecule has 0 amide bonds. The van der Waals surface area contributed by atoms with Crippen molar-refractivity contribution in [3.05, 3.63) is 29.6 Å². The van der Waals surface area contributed by atoms with E-state index in [1.54, 1.807) is 23.9 Å². The van der Waals surface area contributed by atoms with E-state index in [1.165, 1.54) is 31.7 Å². The topological polar surface area (TPSA) is 20.2 Å². The van der Waals surface area contributed by atoms with E-state index in [1.807, 2.05) is 0 Å². The third-order valence-corrected chi connectivity index (χ3v) is 4.54. The molecule has 1 saturated carbocycles. The molecule has 16 heavy (non-hydrogen) atoms. The Morgan fingerprint density at radius 3 is 2.75 bits per heavy atom. The second-order valence-corrected chi connectivity index (χ2v) is 5.38. The first kappa shape index (κ1) is 11.9. The number of hydrogen-bond donors (Lipinski definition) is 1. The minimum atomic E-state index is -0.199. The number of hydrogen-bond acceptors (Lipinski definition) is 2. The van der Waals surface area contributed by atoms with Gasteiger partial charge < -0.3 is 5.11 Å². The lowest BCUT2D eigenvalue weighted by molar-refractivity contribution is 0.277. The predicted octanol–water partition coefficient (Wildman–Crippen LogP) is 3.60. The Hall–Kier alpha value is -0.540. The van der Waals surface area contributed by atoms with Crippen molar-refractivity contribution in [3.8, 4) is 0 Å². The highest BCUT2D eigenvalue weighted by Crippen LogP contribution is 2.33. The molecule has 88 valence electrons. The third kappa shape index (κ3) is 2.77. The zero-order chi connectivity index (χ0) is 11.4. The molecule has 0 bridgehead atoms. The van der Waals surface area contributed by atoms with Gasteiger partial charge in [-0.2, -0.15) is 0 Å². The maximum atomic E-state index is 13.6. The summed E-state index contributed by atoms with van der Waals surface area (Å²) in [5.74, 6) is 1.51. The molecular weight excluding hydrogens is 223 g/mol. The molecule has 1 nitrogen and oxygen atoms in total. The minimum Gasteiger partial charge on any atom is -0.392 e. The van der Waals surface area contributed by atoms with Gasteiger partial charge in [-0.25, -0.2) is 4.39 Å². The zero-order valence-electron chi connectivity index (χ0n) is 9.29. The smallest absolute Gasteiger partial charge is 0.137 e. The molecule has 1 N–H and O–H groups in total. The van der Waals surface area contributed by atoms with E-state index in [-0.39, 0.29) is 12.4 Å². The number of halogens is 1. The second-order valence-electron chi connectivity index (χ2n) is 4.35. The van der Waals surface area contributed by atoms with Gasteiger partial charge in [0.2, 0.25) is 0 Å². The molecule has 0 atom stereocenters. The largest absolute Gasteiger partial charge is 0.392 e. The van der Waals surface area contributed by atoms with E-state index in [9.17, 15) is 4.39 Å². The van der Waals surface area contributed by atoms with Crippen molar-refractivity contribution >= 4 is 11.8 Å². The van der Waals surface area contributed by atoms with Crippen LogP contribution in [0.15, 0.2) is 23.1 Å². The number of benzene rings is 1. The summed E-state index contributed by atoms with van der Waals surface area (Å²) in [5.41, 5.74) is 0.711. The summed E-state index contributed by atoms with van der Waals surface area (Å²) in [6, 6.07) is 4.91. The van der Waals surface area contributed by atoms with Crippen LogP contribution in [0.2, 0.25) is 0 Å². The number of thioether (sulfide) groups is 1. The molecule has 1 fully saturated rings. The molecule has 1 aliphatic carbocycles. The third-order valence-electron chi connectivity index (χ3n) is 3.16. The Morgan fingerprint density at radius 2 is 2.06 bits per heavy atom. The molecule has 1 aromatic carbocycles. The summed E-state index contributed by atoms with van der Waals surface area (Å²) in [5, 5.41) is 9.15. The van der Waals surface area contributed by atoms with Gasteiger partial charge in [0.15, 0.2) is 0 Å². The summed E-state index contributed by atoms with van der Waals surface area (Å²) in [4.78, 5) is 0.636. The van der Waals surface area contributed by atoms with Crippen LogP contribution in [0.4, 0.5) is 4.39 Å². The van der Waals surface area contributed by atoms with Gasteiger partial charge in [0.25, 0.3) is 0 Å². The van der Waals surface area contributed by atoms with Crippen LogP contribution >= 0.6 is 11.8 Å². The number of aliphatic hydroxyl groups excluding tert-OH is 1. The van der Waals surface area contributed by atoms with Crippen LogP contribution in [0.5, 0.6) is 0 Å². The normalized spacial score (nSPS) is 16.9. The molecular formula is C13H17FOS. The van der Waals surface area contributed by atoms with Gasteiger partial charge in [-0.05, 0) is 30.4 Å². The molecule has 0 spiro atoms. The van der Waals surface area contributed by atoms with E-state index in [4.69, 9.17) is 5.11 Å². The fraction of sp³-hybridized carbons (Fsp3) is 0.538. The van der Waals surface area contributed by atoms with Gasteiger partial charge in [-0.1, -0.05) is 25.0 Å². The van der Waals surface area contributed by atoms with Crippen molar-refractivity contribution in [2.45, 2.75) is 37.2 Å². The molecule has 1 aliphatic rings. The summed E-state index contributed by atoms with van der Waals surface area (Å²) < 4.78 is 13.6. The van der Waals surface area contributed by atoms with Crippen molar-refractivity contribution in [2.75, 3.05) is 5.75 Å². The van der Waals surface area contributed by atoms with Gasteiger partial charge in [-0.15, -0.1) is 11.8 Å². The fourth-order valence-corrected chi connectivity index (χ4v) is 3.48. The van der Waals surface area contributed by atoms with Gasteiger partial charge in [0.1, 0.15) is 5.82 Å². The molecule has 0 radical (unpaired) electrons. The SMILES string of the molecule is OCc1cccc(F)c1SCC1CCCC1. The molecule has 0 unspecified atom stereocenters. The van der Waals surface area contributed by atoms with Crippen molar-refractivity contribution in [1.29, 1.82) is 0 Å². The molecule has 3 heteroatoms. The second kappa shape index (κ2) is 5.69. The maximum Gasteiger partial charge on any atom is 0.137 e. The first-order valence-electron chi connectivity index (χ1n) is 5.82. The lowest BCUT2D eigenvalue weighted by atomic mass is 10.1. The van der Waals surface area contributed by atoms with Gasteiger partial charge in [-0.3, -0.25) is 0 Å². The number of aliphatic hydroxyl groups is 1. The van der Waals surface area contributed by atoms with E-state index in [2.05, 4.69) is 0 Å². The summed E-state index contributed by atoms with van der Waals surface area (Å²) in [6.07, 6.45) is 5.18. The Morgan fingerprint density at radius 1 is 1.31 bits per heavy atom. The average molecular weight is 240 g/mol. The van der Waals surface area contributed by atoms with Gasteiger partial charge in [0.05, 0.1) is 6.61 Å². The lowest BCUT2D eigenvalue weighted by Gasteiger charge is -2.11. The highest BCUT2D eigenvalue weighted by atomic mass is 32.2. The highest BCUT2D eigenvalue weighted by Gasteiger charge is 2.17. The van der Waals surface area contributed by atoms with Crippen LogP contribution in [-0.4, -0.2) is 10.9 Å². The molecule has 1 aromatic rings. The minimum absolute atomic E-state index is 0.0786. The molecule has 0 heterocycles. The number of rotatable bonds is 4. The predicted molar refractivity (Wildman–Crippen MR) is 65.0 cm³/mol. The quantitative estimate of drug-likeness (QED) is 0.811. The van der Waals surface area contributed by atoms with Crippen molar-refractivity contribution in [1.82, 2.24) is 0 Å². The van der Waals surface area contributed by atoms with Crippen LogP contribution in [0.1, 0.15) is 31.2 Å². The van der Waals surface area contributed by atoms with Crippen LogP contribution in [0.25, 0.3) is 0 Å². The molecule has 0 aliphatic heterocycles. The van der Waals surface area contributed by atoms with E-state index in [0.717, 1.165) is 11.7 Å². The van der Waals surface area contributed by atoms with Gasteiger partial charge in [0, 0.05) is 10.6 Å². The Bertz CT molecular complexity index is 348. The lowest BCUT2D eigenvalue weighted by Crippen LogP contribution is -1.99. The van der Waals surface area contributed by atoms with Crippen LogP contribution in [-0.2, 0) is 6.61 Å². The van der Waals surface area contributed by atoms with Gasteiger partial charge >= 0.3 is 0 Å². The van der Waals surface area contributed by atoms with Crippen LogP contribution < -0.4 is 0 Å². The fourth-order valence-electron chi connectivity index (χ4n) is 2.22. The Kier molecular flexibility index (Phi) is 4.24. The first-order valence-corrected chi connectivity index (χ1v) is 6.81. The van der Waals surface area contributed by atoms with E-state index in [0.29, 0.717) is 10.5 Å². The first-order chi connectivity index (χ1) is 7.81. The van der Waals surface area contributed by atoms with E-state index < -0.39 is 0 Å². The standard InChI is InChI=1S/C13H17FOS/c14-12-7-3-6-11(8-15)13(12)16-9-10-4-1-2-5-10/h3,6-7,10,15H,1-2,4-5,8-9H2. The van der Waals surface area contributed by atoms with E-state index >= 15 is 0 Å². The highest BCUT2D eigenvalue weighted by molar-refractivity contribution is 7.99. The van der Waals surface area contributed by atoms with Crippen LogP contribution in [0, 0.1) is 11.7 Å².